The second-order valence-corrected chi connectivity index (χ2v) is 6.48. The standard InChI is InChI=1S/C18H21N5O/c1-12-10-17-20-11-16(13-6-8-19-9-7-13)23(17)22-18(12)21-14-2-4-15(24)5-3-14/h6-11,14-15,24H,2-5H2,1H3,(H,21,22). The number of anilines is 1. The lowest BCUT2D eigenvalue weighted by Crippen LogP contribution is -2.29. The Morgan fingerprint density at radius 1 is 1.17 bits per heavy atom. The van der Waals surface area contributed by atoms with Crippen LogP contribution in [0.4, 0.5) is 5.82 Å². The van der Waals surface area contributed by atoms with Crippen molar-refractivity contribution in [1.29, 1.82) is 0 Å². The van der Waals surface area contributed by atoms with E-state index in [1.807, 2.05) is 29.8 Å². The van der Waals surface area contributed by atoms with Crippen molar-refractivity contribution >= 4 is 11.5 Å². The van der Waals surface area contributed by atoms with Gasteiger partial charge in [-0.1, -0.05) is 0 Å². The van der Waals surface area contributed by atoms with Crippen LogP contribution in [0.3, 0.4) is 0 Å². The Bertz CT molecular complexity index is 837. The number of aryl methyl sites for hydroxylation is 1. The summed E-state index contributed by atoms with van der Waals surface area (Å²) in [6.07, 6.45) is 8.90. The number of nitrogens with one attached hydrogen (secondary N) is 1. The van der Waals surface area contributed by atoms with Crippen molar-refractivity contribution in [2.75, 3.05) is 5.32 Å². The zero-order valence-corrected chi connectivity index (χ0v) is 13.7. The monoisotopic (exact) mass is 323 g/mol. The average Bonchev–Trinajstić information content (AvgIpc) is 3.00. The van der Waals surface area contributed by atoms with Gasteiger partial charge in [-0.25, -0.2) is 9.50 Å². The molecule has 2 N–H and O–H groups in total. The minimum Gasteiger partial charge on any atom is -0.393 e. The first-order chi connectivity index (χ1) is 11.7. The second-order valence-electron chi connectivity index (χ2n) is 6.48. The Kier molecular flexibility index (Phi) is 3.90. The van der Waals surface area contributed by atoms with Gasteiger partial charge in [0.15, 0.2) is 5.65 Å². The quantitative estimate of drug-likeness (QED) is 0.775. The fourth-order valence-corrected chi connectivity index (χ4v) is 3.28. The van der Waals surface area contributed by atoms with E-state index in [9.17, 15) is 5.11 Å². The number of nitrogens with zero attached hydrogens (tertiary/aromatic N) is 4. The summed E-state index contributed by atoms with van der Waals surface area (Å²) in [6, 6.07) is 6.34. The normalized spacial score (nSPS) is 21.1. The molecule has 124 valence electrons. The number of hydrogen-bond donors (Lipinski definition) is 2. The molecule has 3 aromatic rings. The molecule has 6 heteroatoms. The molecule has 0 amide bonds. The third-order valence-electron chi connectivity index (χ3n) is 4.70. The first kappa shape index (κ1) is 15.1. The fourth-order valence-electron chi connectivity index (χ4n) is 3.28. The molecule has 0 aromatic carbocycles. The molecule has 0 bridgehead atoms. The van der Waals surface area contributed by atoms with Gasteiger partial charge in [0.05, 0.1) is 18.0 Å². The molecule has 0 saturated heterocycles. The van der Waals surface area contributed by atoms with Crippen LogP contribution in [0.15, 0.2) is 36.8 Å². The molecule has 0 radical (unpaired) electrons. The van der Waals surface area contributed by atoms with Crippen molar-refractivity contribution in [3.05, 3.63) is 42.4 Å². The van der Waals surface area contributed by atoms with Crippen molar-refractivity contribution in [3.8, 4) is 11.3 Å². The van der Waals surface area contributed by atoms with Crippen molar-refractivity contribution in [1.82, 2.24) is 19.6 Å². The van der Waals surface area contributed by atoms with Crippen molar-refractivity contribution < 1.29 is 5.11 Å². The van der Waals surface area contributed by atoms with Crippen LogP contribution in [0.5, 0.6) is 0 Å². The Hall–Kier alpha value is -2.47. The topological polar surface area (TPSA) is 75.3 Å². The van der Waals surface area contributed by atoms with E-state index in [1.54, 1.807) is 12.4 Å². The van der Waals surface area contributed by atoms with E-state index in [1.165, 1.54) is 0 Å². The van der Waals surface area contributed by atoms with Crippen molar-refractivity contribution in [3.63, 3.8) is 0 Å². The average molecular weight is 323 g/mol. The molecule has 0 spiro atoms. The van der Waals surface area contributed by atoms with Gasteiger partial charge in [0.2, 0.25) is 0 Å². The maximum Gasteiger partial charge on any atom is 0.154 e. The molecule has 6 nitrogen and oxygen atoms in total. The number of aromatic nitrogens is 4. The number of hydrogen-bond acceptors (Lipinski definition) is 5. The predicted molar refractivity (Wildman–Crippen MR) is 92.8 cm³/mol. The molecular formula is C18H21N5O. The zero-order valence-electron chi connectivity index (χ0n) is 13.7. The zero-order chi connectivity index (χ0) is 16.5. The van der Waals surface area contributed by atoms with Crippen molar-refractivity contribution in [2.24, 2.45) is 0 Å². The van der Waals surface area contributed by atoms with Gasteiger partial charge in [-0.05, 0) is 56.4 Å². The summed E-state index contributed by atoms with van der Waals surface area (Å²) in [5.41, 5.74) is 3.92. The van der Waals surface area contributed by atoms with Gasteiger partial charge >= 0.3 is 0 Å². The molecule has 3 aromatic heterocycles. The minimum atomic E-state index is -0.147. The summed E-state index contributed by atoms with van der Waals surface area (Å²) in [6.45, 7) is 2.05. The third-order valence-corrected chi connectivity index (χ3v) is 4.70. The van der Waals surface area contributed by atoms with E-state index in [0.29, 0.717) is 6.04 Å². The molecule has 4 rings (SSSR count). The molecule has 1 aliphatic carbocycles. The second kappa shape index (κ2) is 6.20. The van der Waals surface area contributed by atoms with Crippen LogP contribution in [-0.4, -0.2) is 36.8 Å². The van der Waals surface area contributed by atoms with Crippen molar-refractivity contribution in [2.45, 2.75) is 44.8 Å². The lowest BCUT2D eigenvalue weighted by atomic mass is 9.93. The minimum absolute atomic E-state index is 0.147. The highest BCUT2D eigenvalue weighted by atomic mass is 16.3. The first-order valence-electron chi connectivity index (χ1n) is 8.41. The van der Waals surface area contributed by atoms with Crippen LogP contribution in [0, 0.1) is 6.92 Å². The lowest BCUT2D eigenvalue weighted by Gasteiger charge is -2.27. The van der Waals surface area contributed by atoms with Gasteiger partial charge in [0.1, 0.15) is 5.82 Å². The van der Waals surface area contributed by atoms with Gasteiger partial charge < -0.3 is 10.4 Å². The van der Waals surface area contributed by atoms with E-state index in [-0.39, 0.29) is 6.10 Å². The smallest absolute Gasteiger partial charge is 0.154 e. The Morgan fingerprint density at radius 2 is 1.92 bits per heavy atom. The Balaban J connectivity index is 1.67. The molecule has 3 heterocycles. The summed E-state index contributed by atoms with van der Waals surface area (Å²) in [5, 5.41) is 18.0. The van der Waals surface area contributed by atoms with E-state index in [0.717, 1.165) is 54.0 Å². The van der Waals surface area contributed by atoms with Gasteiger partial charge in [0.25, 0.3) is 0 Å². The third kappa shape index (κ3) is 2.85. The molecule has 1 saturated carbocycles. The van der Waals surface area contributed by atoms with E-state index < -0.39 is 0 Å². The van der Waals surface area contributed by atoms with Crippen LogP contribution in [0.1, 0.15) is 31.2 Å². The summed E-state index contributed by atoms with van der Waals surface area (Å²) >= 11 is 0. The number of rotatable bonds is 3. The molecule has 24 heavy (non-hydrogen) atoms. The molecular weight excluding hydrogens is 302 g/mol. The van der Waals surface area contributed by atoms with Crippen LogP contribution < -0.4 is 5.32 Å². The van der Waals surface area contributed by atoms with E-state index in [2.05, 4.69) is 21.4 Å². The van der Waals surface area contributed by atoms with Gasteiger partial charge in [-0.15, -0.1) is 5.10 Å². The highest BCUT2D eigenvalue weighted by Gasteiger charge is 2.20. The van der Waals surface area contributed by atoms with E-state index in [4.69, 9.17) is 5.10 Å². The van der Waals surface area contributed by atoms with Gasteiger partial charge in [-0.2, -0.15) is 0 Å². The lowest BCUT2D eigenvalue weighted by molar-refractivity contribution is 0.126. The number of aliphatic hydroxyl groups is 1. The number of pyridine rings is 1. The number of aliphatic hydroxyl groups excluding tert-OH is 1. The fraction of sp³-hybridized carbons (Fsp3) is 0.389. The Labute approximate surface area is 140 Å². The van der Waals surface area contributed by atoms with Crippen LogP contribution in [0.2, 0.25) is 0 Å². The first-order valence-corrected chi connectivity index (χ1v) is 8.41. The van der Waals surface area contributed by atoms with E-state index >= 15 is 0 Å². The summed E-state index contributed by atoms with van der Waals surface area (Å²) in [5.74, 6) is 0.886. The van der Waals surface area contributed by atoms with Crippen LogP contribution in [0.25, 0.3) is 16.9 Å². The molecule has 0 unspecified atom stereocenters. The molecule has 0 atom stereocenters. The van der Waals surface area contributed by atoms with Crippen LogP contribution >= 0.6 is 0 Å². The maximum absolute atomic E-state index is 9.66. The maximum atomic E-state index is 9.66. The molecule has 0 aliphatic heterocycles. The number of fused-ring (bicyclic) bond motifs is 1. The highest BCUT2D eigenvalue weighted by Crippen LogP contribution is 2.25. The Morgan fingerprint density at radius 3 is 2.67 bits per heavy atom. The molecule has 1 fully saturated rings. The summed E-state index contributed by atoms with van der Waals surface area (Å²) < 4.78 is 1.88. The largest absolute Gasteiger partial charge is 0.393 e. The highest BCUT2D eigenvalue weighted by molar-refractivity contribution is 5.64. The predicted octanol–water partition coefficient (Wildman–Crippen LogP) is 2.82. The SMILES string of the molecule is Cc1cc2ncc(-c3ccncc3)n2nc1NC1CCC(O)CC1. The summed E-state index contributed by atoms with van der Waals surface area (Å²) in [7, 11) is 0. The number of imidazole rings is 1. The van der Waals surface area contributed by atoms with Crippen LogP contribution in [-0.2, 0) is 0 Å². The van der Waals surface area contributed by atoms with Gasteiger partial charge in [-0.3, -0.25) is 4.98 Å². The summed E-state index contributed by atoms with van der Waals surface area (Å²) in [4.78, 5) is 8.54. The molecule has 1 aliphatic rings. The van der Waals surface area contributed by atoms with Gasteiger partial charge in [0, 0.05) is 24.0 Å².